The number of halogens is 1. The molecule has 0 spiro atoms. The van der Waals surface area contributed by atoms with Gasteiger partial charge in [-0.3, -0.25) is 4.79 Å². The number of amides is 1. The molecule has 7 heteroatoms. The molecular formula is C32H33FN4OS. The summed E-state index contributed by atoms with van der Waals surface area (Å²) in [7, 11) is 0. The summed E-state index contributed by atoms with van der Waals surface area (Å²) in [5.74, 6) is 0.984. The number of aromatic nitrogens is 2. The summed E-state index contributed by atoms with van der Waals surface area (Å²) >= 11 is 3.97. The van der Waals surface area contributed by atoms with E-state index in [2.05, 4.69) is 52.9 Å². The summed E-state index contributed by atoms with van der Waals surface area (Å²) in [4.78, 5) is 25.0. The molecule has 39 heavy (non-hydrogen) atoms. The second-order valence-electron chi connectivity index (χ2n) is 10.3. The molecule has 2 aliphatic rings. The van der Waals surface area contributed by atoms with E-state index in [1.807, 2.05) is 42.4 Å². The summed E-state index contributed by atoms with van der Waals surface area (Å²) in [6.45, 7) is 2.33. The molecule has 1 saturated carbocycles. The van der Waals surface area contributed by atoms with E-state index in [1.54, 1.807) is 12.1 Å². The first-order valence-electron chi connectivity index (χ1n) is 13.4. The van der Waals surface area contributed by atoms with Gasteiger partial charge in [0.2, 0.25) is 5.91 Å². The van der Waals surface area contributed by atoms with E-state index < -0.39 is 0 Å². The molecule has 1 amide bonds. The normalized spacial score (nSPS) is 19.3. The van der Waals surface area contributed by atoms with Crippen molar-refractivity contribution in [2.75, 3.05) is 4.90 Å². The monoisotopic (exact) mass is 540 g/mol. The van der Waals surface area contributed by atoms with E-state index in [0.29, 0.717) is 12.5 Å². The molecule has 2 aliphatic carbocycles. The van der Waals surface area contributed by atoms with Gasteiger partial charge >= 0.3 is 0 Å². The fourth-order valence-electron chi connectivity index (χ4n) is 5.15. The van der Waals surface area contributed by atoms with Crippen LogP contribution in [0.2, 0.25) is 0 Å². The van der Waals surface area contributed by atoms with E-state index in [9.17, 15) is 9.18 Å². The highest BCUT2D eigenvalue weighted by molar-refractivity contribution is 7.80. The van der Waals surface area contributed by atoms with Crippen molar-refractivity contribution in [3.8, 4) is 0 Å². The van der Waals surface area contributed by atoms with Crippen LogP contribution in [0.15, 0.2) is 90.1 Å². The summed E-state index contributed by atoms with van der Waals surface area (Å²) in [6.07, 6.45) is 7.70. The first kappa shape index (κ1) is 27.0. The number of carbonyl (C=O) groups excluding carboxylic acids is 1. The highest BCUT2D eigenvalue weighted by Crippen LogP contribution is 2.49. The van der Waals surface area contributed by atoms with Crippen LogP contribution in [0, 0.1) is 18.7 Å². The van der Waals surface area contributed by atoms with Crippen molar-refractivity contribution >= 4 is 24.2 Å². The standard InChI is InChI=1S/C26H28N4O.C6H5FS/c1-17-28-14-18(15-29-17)16-30(21-11-10-20-8-5-9-25(27)23(20)12-21)26(31)24-13-22(24)19-6-3-2-4-7-19;7-5-1-3-6(8)4-2-5/h2-4,6-7,10-12,14-15,22,24-25H,5,8-9,13,16,27H2,1H3;1-4,8H. The van der Waals surface area contributed by atoms with Gasteiger partial charge in [-0.15, -0.1) is 12.6 Å². The number of aryl methyl sites for hydroxylation is 2. The predicted octanol–water partition coefficient (Wildman–Crippen LogP) is 6.57. The molecule has 4 aromatic rings. The minimum Gasteiger partial charge on any atom is -0.324 e. The predicted molar refractivity (Wildman–Crippen MR) is 155 cm³/mol. The lowest BCUT2D eigenvalue weighted by atomic mass is 9.87. The highest BCUT2D eigenvalue weighted by Gasteiger charge is 2.46. The fourth-order valence-corrected chi connectivity index (χ4v) is 5.30. The number of hydrogen-bond donors (Lipinski definition) is 2. The molecule has 200 valence electrons. The Morgan fingerprint density at radius 1 is 1.05 bits per heavy atom. The number of fused-ring (bicyclic) bond motifs is 1. The molecule has 0 aliphatic heterocycles. The van der Waals surface area contributed by atoms with Gasteiger partial charge in [0.25, 0.3) is 0 Å². The molecule has 3 unspecified atom stereocenters. The quantitative estimate of drug-likeness (QED) is 0.281. The van der Waals surface area contributed by atoms with Crippen LogP contribution in [-0.2, 0) is 17.8 Å². The van der Waals surface area contributed by atoms with Crippen molar-refractivity contribution in [3.05, 3.63) is 119 Å². The van der Waals surface area contributed by atoms with Crippen LogP contribution in [-0.4, -0.2) is 15.9 Å². The number of nitrogens with two attached hydrogens (primary N) is 1. The van der Waals surface area contributed by atoms with Gasteiger partial charge in [-0.1, -0.05) is 36.4 Å². The van der Waals surface area contributed by atoms with Gasteiger partial charge in [-0.25, -0.2) is 14.4 Å². The first-order valence-corrected chi connectivity index (χ1v) is 13.8. The second-order valence-corrected chi connectivity index (χ2v) is 10.8. The van der Waals surface area contributed by atoms with Gasteiger partial charge in [-0.2, -0.15) is 0 Å². The first-order chi connectivity index (χ1) is 18.9. The SMILES string of the molecule is Cc1ncc(CN(C(=O)C2CC2c2ccccc2)c2ccc3c(c2)C(N)CCC3)cn1.Fc1ccc(S)cc1. The number of nitrogens with zero attached hydrogens (tertiary/aromatic N) is 3. The van der Waals surface area contributed by atoms with Gasteiger partial charge < -0.3 is 10.6 Å². The third kappa shape index (κ3) is 6.72. The molecule has 1 heterocycles. The van der Waals surface area contributed by atoms with Crippen molar-refractivity contribution in [1.82, 2.24) is 9.97 Å². The maximum Gasteiger partial charge on any atom is 0.231 e. The van der Waals surface area contributed by atoms with Gasteiger partial charge in [0.1, 0.15) is 11.6 Å². The van der Waals surface area contributed by atoms with Crippen molar-refractivity contribution in [2.24, 2.45) is 11.7 Å². The molecule has 3 aromatic carbocycles. The van der Waals surface area contributed by atoms with Gasteiger partial charge in [0.05, 0.1) is 6.54 Å². The zero-order valence-electron chi connectivity index (χ0n) is 22.0. The van der Waals surface area contributed by atoms with Crippen molar-refractivity contribution in [1.29, 1.82) is 0 Å². The zero-order chi connectivity index (χ0) is 27.4. The molecule has 2 N–H and O–H groups in total. The topological polar surface area (TPSA) is 72.1 Å². The smallest absolute Gasteiger partial charge is 0.231 e. The maximum absolute atomic E-state index is 13.7. The molecule has 1 aromatic heterocycles. The van der Waals surface area contributed by atoms with E-state index in [-0.39, 0.29) is 23.7 Å². The number of thiol groups is 1. The van der Waals surface area contributed by atoms with E-state index in [0.717, 1.165) is 47.7 Å². The Labute approximate surface area is 234 Å². The van der Waals surface area contributed by atoms with Gasteiger partial charge in [0.15, 0.2) is 0 Å². The van der Waals surface area contributed by atoms with Gasteiger partial charge in [-0.05, 0) is 91.6 Å². The third-order valence-electron chi connectivity index (χ3n) is 7.40. The third-order valence-corrected chi connectivity index (χ3v) is 7.70. The van der Waals surface area contributed by atoms with Crippen LogP contribution in [0.3, 0.4) is 0 Å². The summed E-state index contributed by atoms with van der Waals surface area (Å²) in [5, 5.41) is 0. The summed E-state index contributed by atoms with van der Waals surface area (Å²) in [5.41, 5.74) is 12.0. The van der Waals surface area contributed by atoms with Crippen LogP contribution in [0.1, 0.15) is 59.3 Å². The number of rotatable bonds is 5. The Kier molecular flexibility index (Phi) is 8.38. The van der Waals surface area contributed by atoms with Crippen LogP contribution in [0.5, 0.6) is 0 Å². The van der Waals surface area contributed by atoms with E-state index in [4.69, 9.17) is 5.73 Å². The number of carbonyl (C=O) groups is 1. The molecule has 0 bridgehead atoms. The second kappa shape index (κ2) is 12.1. The number of benzene rings is 3. The average molecular weight is 541 g/mol. The average Bonchev–Trinajstić information content (AvgIpc) is 3.76. The molecule has 3 atom stereocenters. The Hall–Kier alpha value is -3.55. The lowest BCUT2D eigenvalue weighted by Crippen LogP contribution is -2.32. The zero-order valence-corrected chi connectivity index (χ0v) is 22.9. The molecule has 6 rings (SSSR count). The van der Waals surface area contributed by atoms with E-state index in [1.165, 1.54) is 28.8 Å². The highest BCUT2D eigenvalue weighted by atomic mass is 32.1. The molecule has 0 saturated heterocycles. The fraction of sp³-hybridized carbons (Fsp3) is 0.281. The number of hydrogen-bond acceptors (Lipinski definition) is 5. The van der Waals surface area contributed by atoms with Crippen LogP contribution < -0.4 is 10.6 Å². The van der Waals surface area contributed by atoms with Crippen molar-refractivity contribution < 1.29 is 9.18 Å². The lowest BCUT2D eigenvalue weighted by Gasteiger charge is -2.27. The van der Waals surface area contributed by atoms with Crippen molar-refractivity contribution in [3.63, 3.8) is 0 Å². The Morgan fingerprint density at radius 3 is 2.46 bits per heavy atom. The van der Waals surface area contributed by atoms with Gasteiger partial charge in [0, 0.05) is 40.5 Å². The van der Waals surface area contributed by atoms with Crippen LogP contribution in [0.25, 0.3) is 0 Å². The largest absolute Gasteiger partial charge is 0.324 e. The Morgan fingerprint density at radius 2 is 1.77 bits per heavy atom. The van der Waals surface area contributed by atoms with Crippen molar-refractivity contribution in [2.45, 2.75) is 56.0 Å². The van der Waals surface area contributed by atoms with Crippen LogP contribution in [0.4, 0.5) is 10.1 Å². The molecular weight excluding hydrogens is 507 g/mol. The Bertz CT molecular complexity index is 1390. The molecule has 1 fully saturated rings. The lowest BCUT2D eigenvalue weighted by molar-refractivity contribution is -0.120. The summed E-state index contributed by atoms with van der Waals surface area (Å²) < 4.78 is 12.1. The maximum atomic E-state index is 13.7. The minimum atomic E-state index is -0.220. The van der Waals surface area contributed by atoms with Crippen LogP contribution >= 0.6 is 12.6 Å². The summed E-state index contributed by atoms with van der Waals surface area (Å²) in [6, 6.07) is 22.7. The Balaban J connectivity index is 0.000000332. The molecule has 5 nitrogen and oxygen atoms in total. The number of anilines is 1. The molecule has 0 radical (unpaired) electrons. The van der Waals surface area contributed by atoms with E-state index >= 15 is 0 Å². The minimum absolute atomic E-state index is 0.0125.